The first-order chi connectivity index (χ1) is 12.9. The molecule has 1 saturated heterocycles. The fourth-order valence-electron chi connectivity index (χ4n) is 3.06. The number of nitrogens with zero attached hydrogens (tertiary/aromatic N) is 1. The van der Waals surface area contributed by atoms with E-state index in [4.69, 9.17) is 9.47 Å². The number of hydrogen-bond donors (Lipinski definition) is 1. The summed E-state index contributed by atoms with van der Waals surface area (Å²) in [5.74, 6) is 1.48. The third-order valence-corrected chi connectivity index (χ3v) is 5.64. The topological polar surface area (TPSA) is 84.9 Å². The van der Waals surface area contributed by atoms with Gasteiger partial charge in [0, 0.05) is 12.2 Å². The molecule has 0 bridgehead atoms. The molecule has 1 fully saturated rings. The standard InChI is InChI=1S/C19H22N2O5S/c1-25-17-7-3-4-8-18(17)26-15-11-9-14(10-12-15)20-19(22)16-6-5-13-21(16)27(2,23)24/h3-4,7-12,16H,5-6,13H2,1-2H3,(H,20,22). The fourth-order valence-corrected chi connectivity index (χ4v) is 4.19. The van der Waals surface area contributed by atoms with E-state index in [0.29, 0.717) is 42.3 Å². The molecule has 1 N–H and O–H groups in total. The minimum atomic E-state index is -3.40. The van der Waals surface area contributed by atoms with Gasteiger partial charge in [0.15, 0.2) is 11.5 Å². The molecule has 1 atom stereocenters. The summed E-state index contributed by atoms with van der Waals surface area (Å²) in [6.45, 7) is 0.378. The van der Waals surface area contributed by atoms with Crippen LogP contribution in [-0.2, 0) is 14.8 Å². The number of ether oxygens (including phenoxy) is 2. The lowest BCUT2D eigenvalue weighted by Crippen LogP contribution is -2.42. The van der Waals surface area contributed by atoms with Gasteiger partial charge in [-0.3, -0.25) is 4.79 Å². The third kappa shape index (κ3) is 4.58. The average molecular weight is 390 g/mol. The quantitative estimate of drug-likeness (QED) is 0.820. The van der Waals surface area contributed by atoms with Gasteiger partial charge in [-0.25, -0.2) is 8.42 Å². The number of carbonyl (C=O) groups is 1. The molecule has 0 aromatic heterocycles. The maximum Gasteiger partial charge on any atom is 0.242 e. The van der Waals surface area contributed by atoms with Crippen molar-refractivity contribution in [1.82, 2.24) is 4.31 Å². The highest BCUT2D eigenvalue weighted by Gasteiger charge is 2.36. The summed E-state index contributed by atoms with van der Waals surface area (Å²) in [6, 6.07) is 13.5. The first kappa shape index (κ1) is 19.2. The smallest absolute Gasteiger partial charge is 0.242 e. The number of methoxy groups -OCH3 is 1. The number of nitrogens with one attached hydrogen (secondary N) is 1. The monoisotopic (exact) mass is 390 g/mol. The predicted octanol–water partition coefficient (Wildman–Crippen LogP) is 2.85. The SMILES string of the molecule is COc1ccccc1Oc1ccc(NC(=O)C2CCCN2S(C)(=O)=O)cc1. The zero-order chi connectivity index (χ0) is 19.4. The Morgan fingerprint density at radius 2 is 1.78 bits per heavy atom. The molecule has 27 heavy (non-hydrogen) atoms. The highest BCUT2D eigenvalue weighted by atomic mass is 32.2. The second-order valence-corrected chi connectivity index (χ2v) is 8.23. The molecular formula is C19H22N2O5S. The number of anilines is 1. The van der Waals surface area contributed by atoms with Crippen LogP contribution in [0.3, 0.4) is 0 Å². The lowest BCUT2D eigenvalue weighted by Gasteiger charge is -2.21. The summed E-state index contributed by atoms with van der Waals surface area (Å²) in [4.78, 5) is 12.5. The van der Waals surface area contributed by atoms with E-state index in [1.807, 2.05) is 12.1 Å². The second-order valence-electron chi connectivity index (χ2n) is 6.30. The Hall–Kier alpha value is -2.58. The highest BCUT2D eigenvalue weighted by Crippen LogP contribution is 2.31. The van der Waals surface area contributed by atoms with Crippen LogP contribution < -0.4 is 14.8 Å². The van der Waals surface area contributed by atoms with E-state index >= 15 is 0 Å². The van der Waals surface area contributed by atoms with Crippen LogP contribution in [0.25, 0.3) is 0 Å². The zero-order valence-electron chi connectivity index (χ0n) is 15.2. The van der Waals surface area contributed by atoms with Gasteiger partial charge in [0.25, 0.3) is 0 Å². The molecule has 0 saturated carbocycles. The Morgan fingerprint density at radius 1 is 1.11 bits per heavy atom. The largest absolute Gasteiger partial charge is 0.493 e. The Labute approximate surface area is 158 Å². The number of benzene rings is 2. The van der Waals surface area contributed by atoms with Crippen molar-refractivity contribution in [2.45, 2.75) is 18.9 Å². The van der Waals surface area contributed by atoms with Crippen LogP contribution in [-0.4, -0.2) is 44.6 Å². The zero-order valence-corrected chi connectivity index (χ0v) is 16.0. The molecule has 0 spiro atoms. The number of rotatable bonds is 6. The van der Waals surface area contributed by atoms with Gasteiger partial charge in [-0.2, -0.15) is 4.31 Å². The Kier molecular flexibility index (Phi) is 5.67. The van der Waals surface area contributed by atoms with Crippen molar-refractivity contribution >= 4 is 21.6 Å². The van der Waals surface area contributed by atoms with Crippen LogP contribution in [0.5, 0.6) is 17.2 Å². The maximum atomic E-state index is 12.5. The molecule has 0 aliphatic carbocycles. The summed E-state index contributed by atoms with van der Waals surface area (Å²) >= 11 is 0. The first-order valence-corrected chi connectivity index (χ1v) is 10.4. The summed E-state index contributed by atoms with van der Waals surface area (Å²) in [6.07, 6.45) is 2.33. The van der Waals surface area contributed by atoms with E-state index in [2.05, 4.69) is 5.32 Å². The molecule has 1 unspecified atom stereocenters. The van der Waals surface area contributed by atoms with Gasteiger partial charge in [-0.05, 0) is 49.2 Å². The van der Waals surface area contributed by atoms with E-state index < -0.39 is 16.1 Å². The molecule has 1 heterocycles. The Balaban J connectivity index is 1.66. The van der Waals surface area contributed by atoms with Crippen molar-refractivity contribution in [2.75, 3.05) is 25.2 Å². The molecule has 3 rings (SSSR count). The van der Waals surface area contributed by atoms with Gasteiger partial charge in [0.05, 0.1) is 13.4 Å². The van der Waals surface area contributed by atoms with E-state index in [1.54, 1.807) is 43.5 Å². The lowest BCUT2D eigenvalue weighted by atomic mass is 10.2. The lowest BCUT2D eigenvalue weighted by molar-refractivity contribution is -0.119. The first-order valence-electron chi connectivity index (χ1n) is 8.57. The molecule has 1 aliphatic heterocycles. The van der Waals surface area contributed by atoms with Crippen LogP contribution in [0.4, 0.5) is 5.69 Å². The number of sulfonamides is 1. The molecule has 2 aromatic rings. The van der Waals surface area contributed by atoms with Crippen LogP contribution in [0.2, 0.25) is 0 Å². The molecule has 1 amide bonds. The van der Waals surface area contributed by atoms with Crippen LogP contribution in [0.1, 0.15) is 12.8 Å². The summed E-state index contributed by atoms with van der Waals surface area (Å²) in [7, 11) is -1.82. The third-order valence-electron chi connectivity index (χ3n) is 4.35. The van der Waals surface area contributed by atoms with Crippen LogP contribution >= 0.6 is 0 Å². The summed E-state index contributed by atoms with van der Waals surface area (Å²) < 4.78 is 35.9. The van der Waals surface area contributed by atoms with Gasteiger partial charge in [-0.15, -0.1) is 0 Å². The van der Waals surface area contributed by atoms with Crippen molar-refractivity contribution in [2.24, 2.45) is 0 Å². The molecule has 1 aliphatic rings. The van der Waals surface area contributed by atoms with E-state index in [9.17, 15) is 13.2 Å². The normalized spacial score (nSPS) is 17.5. The molecule has 2 aromatic carbocycles. The summed E-state index contributed by atoms with van der Waals surface area (Å²) in [5, 5.41) is 2.77. The van der Waals surface area contributed by atoms with E-state index in [0.717, 1.165) is 6.26 Å². The predicted molar refractivity (Wildman–Crippen MR) is 103 cm³/mol. The molecular weight excluding hydrogens is 368 g/mol. The average Bonchev–Trinajstić information content (AvgIpc) is 3.14. The number of hydrogen-bond acceptors (Lipinski definition) is 5. The Bertz CT molecular complexity index is 912. The molecule has 7 nitrogen and oxygen atoms in total. The van der Waals surface area contributed by atoms with Gasteiger partial charge < -0.3 is 14.8 Å². The van der Waals surface area contributed by atoms with Gasteiger partial charge in [0.1, 0.15) is 11.8 Å². The van der Waals surface area contributed by atoms with Gasteiger partial charge >= 0.3 is 0 Å². The molecule has 144 valence electrons. The van der Waals surface area contributed by atoms with Crippen LogP contribution in [0, 0.1) is 0 Å². The van der Waals surface area contributed by atoms with Gasteiger partial charge in [-0.1, -0.05) is 12.1 Å². The van der Waals surface area contributed by atoms with Gasteiger partial charge in [0.2, 0.25) is 15.9 Å². The minimum absolute atomic E-state index is 0.323. The minimum Gasteiger partial charge on any atom is -0.493 e. The van der Waals surface area contributed by atoms with Crippen molar-refractivity contribution < 1.29 is 22.7 Å². The van der Waals surface area contributed by atoms with E-state index in [-0.39, 0.29) is 5.91 Å². The molecule has 8 heteroatoms. The highest BCUT2D eigenvalue weighted by molar-refractivity contribution is 7.88. The Morgan fingerprint density at radius 3 is 2.41 bits per heavy atom. The number of carbonyl (C=O) groups excluding carboxylic acids is 1. The fraction of sp³-hybridized carbons (Fsp3) is 0.316. The van der Waals surface area contributed by atoms with Crippen molar-refractivity contribution in [1.29, 1.82) is 0 Å². The molecule has 0 radical (unpaired) electrons. The van der Waals surface area contributed by atoms with Crippen molar-refractivity contribution in [3.8, 4) is 17.2 Å². The van der Waals surface area contributed by atoms with Crippen molar-refractivity contribution in [3.05, 3.63) is 48.5 Å². The van der Waals surface area contributed by atoms with Crippen LogP contribution in [0.15, 0.2) is 48.5 Å². The van der Waals surface area contributed by atoms with E-state index in [1.165, 1.54) is 4.31 Å². The maximum absolute atomic E-state index is 12.5. The second kappa shape index (κ2) is 7.98. The number of amides is 1. The number of para-hydroxylation sites is 2. The summed E-state index contributed by atoms with van der Waals surface area (Å²) in [5.41, 5.74) is 0.577. The van der Waals surface area contributed by atoms with Crippen molar-refractivity contribution in [3.63, 3.8) is 0 Å².